The minimum absolute atomic E-state index is 0.0585. The van der Waals surface area contributed by atoms with Gasteiger partial charge in [0.15, 0.2) is 0 Å². The Morgan fingerprint density at radius 2 is 2.05 bits per heavy atom. The lowest BCUT2D eigenvalue weighted by atomic mass is 10.1. The molecule has 20 heavy (non-hydrogen) atoms. The molecule has 8 heteroatoms. The van der Waals surface area contributed by atoms with Gasteiger partial charge in [0, 0.05) is 17.7 Å². The van der Waals surface area contributed by atoms with Crippen molar-refractivity contribution in [2.45, 2.75) is 25.1 Å². The summed E-state index contributed by atoms with van der Waals surface area (Å²) >= 11 is 0. The van der Waals surface area contributed by atoms with Crippen LogP contribution < -0.4 is 4.90 Å². The van der Waals surface area contributed by atoms with Gasteiger partial charge in [-0.05, 0) is 25.0 Å². The second-order valence-electron chi connectivity index (χ2n) is 4.60. The molecule has 0 unspecified atom stereocenters. The Bertz CT molecular complexity index is 541. The van der Waals surface area contributed by atoms with Crippen LogP contribution in [0.1, 0.15) is 23.2 Å². The maximum absolute atomic E-state index is 12.6. The monoisotopic (exact) mass is 288 g/mol. The Labute approximate surface area is 112 Å². The van der Waals surface area contributed by atoms with Gasteiger partial charge in [0.2, 0.25) is 0 Å². The lowest BCUT2D eigenvalue weighted by Crippen LogP contribution is -2.36. The summed E-state index contributed by atoms with van der Waals surface area (Å²) in [5.41, 5.74) is -0.519. The minimum atomic E-state index is -4.44. The van der Waals surface area contributed by atoms with Gasteiger partial charge in [-0.1, -0.05) is 0 Å². The van der Waals surface area contributed by atoms with E-state index in [-0.39, 0.29) is 17.3 Å². The maximum atomic E-state index is 12.6. The van der Waals surface area contributed by atoms with E-state index < -0.39 is 23.3 Å². The number of nitro benzene ring substituents is 1. The first-order chi connectivity index (χ1) is 9.31. The number of anilines is 1. The van der Waals surface area contributed by atoms with Crippen molar-refractivity contribution < 1.29 is 22.9 Å². The summed E-state index contributed by atoms with van der Waals surface area (Å²) in [6, 6.07) is 3.14. The van der Waals surface area contributed by atoms with Crippen molar-refractivity contribution in [3.05, 3.63) is 33.9 Å². The Kier molecular flexibility index (Phi) is 3.65. The van der Waals surface area contributed by atoms with Crippen LogP contribution in [0.3, 0.4) is 0 Å². The molecule has 0 amide bonds. The van der Waals surface area contributed by atoms with Crippen molar-refractivity contribution >= 4 is 17.7 Å². The summed E-state index contributed by atoms with van der Waals surface area (Å²) in [5.74, 6) is 0. The van der Waals surface area contributed by atoms with Gasteiger partial charge in [-0.3, -0.25) is 14.9 Å². The molecule has 1 fully saturated rings. The number of aldehydes is 1. The summed E-state index contributed by atoms with van der Waals surface area (Å²) in [5, 5.41) is 11.0. The third-order valence-corrected chi connectivity index (χ3v) is 2.98. The minimum Gasteiger partial charge on any atom is -0.354 e. The number of halogens is 3. The molecule has 108 valence electrons. The Morgan fingerprint density at radius 3 is 2.50 bits per heavy atom. The number of carbonyl (C=O) groups is 1. The number of hydrogen-bond acceptors (Lipinski definition) is 4. The smallest absolute Gasteiger partial charge is 0.354 e. The third kappa shape index (κ3) is 3.25. The molecule has 0 aromatic heterocycles. The predicted octanol–water partition coefficient (Wildman–Crippen LogP) is 2.94. The molecule has 1 aromatic rings. The average Bonchev–Trinajstić information content (AvgIpc) is 3.18. The maximum Gasteiger partial charge on any atom is 0.405 e. The van der Waals surface area contributed by atoms with Gasteiger partial charge in [0.05, 0.1) is 4.92 Å². The summed E-state index contributed by atoms with van der Waals surface area (Å²) in [7, 11) is 0. The predicted molar refractivity (Wildman–Crippen MR) is 64.9 cm³/mol. The van der Waals surface area contributed by atoms with Gasteiger partial charge in [-0.15, -0.1) is 0 Å². The van der Waals surface area contributed by atoms with E-state index in [0.29, 0.717) is 19.1 Å². The SMILES string of the molecule is O=Cc1ccc(N(CC(F)(F)F)C2CC2)c([N+](=O)[O-])c1. The molecule has 1 aromatic carbocycles. The van der Waals surface area contributed by atoms with Gasteiger partial charge in [-0.25, -0.2) is 0 Å². The first-order valence-corrected chi connectivity index (χ1v) is 5.89. The second kappa shape index (κ2) is 5.10. The second-order valence-corrected chi connectivity index (χ2v) is 4.60. The van der Waals surface area contributed by atoms with Crippen LogP contribution in [0, 0.1) is 10.1 Å². The molecule has 1 aliphatic rings. The number of carbonyl (C=O) groups excluding carboxylic acids is 1. The molecule has 0 radical (unpaired) electrons. The quantitative estimate of drug-likeness (QED) is 0.475. The van der Waals surface area contributed by atoms with Gasteiger partial charge < -0.3 is 4.90 Å². The van der Waals surface area contributed by atoms with E-state index in [2.05, 4.69) is 0 Å². The van der Waals surface area contributed by atoms with Crippen LogP contribution in [0.2, 0.25) is 0 Å². The van der Waals surface area contributed by atoms with Crippen molar-refractivity contribution in [1.82, 2.24) is 0 Å². The number of alkyl halides is 3. The van der Waals surface area contributed by atoms with Crippen LogP contribution in [0.25, 0.3) is 0 Å². The fraction of sp³-hybridized carbons (Fsp3) is 0.417. The highest BCUT2D eigenvalue weighted by Gasteiger charge is 2.40. The molecule has 5 nitrogen and oxygen atoms in total. The lowest BCUT2D eigenvalue weighted by molar-refractivity contribution is -0.384. The summed E-state index contributed by atoms with van der Waals surface area (Å²) in [4.78, 5) is 21.8. The van der Waals surface area contributed by atoms with Crippen LogP contribution in [-0.4, -0.2) is 30.0 Å². The molecule has 0 saturated heterocycles. The molecule has 0 spiro atoms. The fourth-order valence-corrected chi connectivity index (χ4v) is 1.99. The topological polar surface area (TPSA) is 63.5 Å². The first kappa shape index (κ1) is 14.3. The molecule has 0 aliphatic heterocycles. The zero-order valence-corrected chi connectivity index (χ0v) is 10.3. The van der Waals surface area contributed by atoms with E-state index >= 15 is 0 Å². The van der Waals surface area contributed by atoms with Gasteiger partial charge in [-0.2, -0.15) is 13.2 Å². The highest BCUT2D eigenvalue weighted by atomic mass is 19.4. The zero-order valence-electron chi connectivity index (χ0n) is 10.3. The molecular weight excluding hydrogens is 277 g/mol. The van der Waals surface area contributed by atoms with Gasteiger partial charge in [0.1, 0.15) is 18.5 Å². The number of nitro groups is 1. The molecule has 1 saturated carbocycles. The highest BCUT2D eigenvalue weighted by molar-refractivity contribution is 5.79. The van der Waals surface area contributed by atoms with Crippen molar-refractivity contribution in [2.24, 2.45) is 0 Å². The van der Waals surface area contributed by atoms with E-state index in [1.807, 2.05) is 0 Å². The van der Waals surface area contributed by atoms with Crippen LogP contribution in [-0.2, 0) is 0 Å². The van der Waals surface area contributed by atoms with E-state index in [0.717, 1.165) is 11.0 Å². The van der Waals surface area contributed by atoms with Crippen molar-refractivity contribution in [3.8, 4) is 0 Å². The summed E-state index contributed by atoms with van der Waals surface area (Å²) in [6.07, 6.45) is -2.88. The molecule has 0 bridgehead atoms. The molecule has 1 aliphatic carbocycles. The lowest BCUT2D eigenvalue weighted by Gasteiger charge is -2.25. The number of hydrogen-bond donors (Lipinski definition) is 0. The number of nitrogens with zero attached hydrogens (tertiary/aromatic N) is 2. The van der Waals surface area contributed by atoms with Crippen molar-refractivity contribution in [2.75, 3.05) is 11.4 Å². The van der Waals surface area contributed by atoms with Crippen LogP contribution in [0.4, 0.5) is 24.5 Å². The average molecular weight is 288 g/mol. The van der Waals surface area contributed by atoms with Crippen LogP contribution in [0.5, 0.6) is 0 Å². The highest BCUT2D eigenvalue weighted by Crippen LogP contribution is 2.39. The summed E-state index contributed by atoms with van der Waals surface area (Å²) < 4.78 is 37.8. The van der Waals surface area contributed by atoms with E-state index in [9.17, 15) is 28.1 Å². The van der Waals surface area contributed by atoms with Crippen molar-refractivity contribution in [3.63, 3.8) is 0 Å². The van der Waals surface area contributed by atoms with Crippen LogP contribution >= 0.6 is 0 Å². The zero-order chi connectivity index (χ0) is 14.9. The van der Waals surface area contributed by atoms with Crippen molar-refractivity contribution in [1.29, 1.82) is 0 Å². The molecular formula is C12H11F3N2O3. The number of rotatable bonds is 5. The molecule has 0 heterocycles. The third-order valence-electron chi connectivity index (χ3n) is 2.98. The molecule has 2 rings (SSSR count). The van der Waals surface area contributed by atoms with Crippen LogP contribution in [0.15, 0.2) is 18.2 Å². The van der Waals surface area contributed by atoms with E-state index in [4.69, 9.17) is 0 Å². The normalized spacial score (nSPS) is 14.9. The Hall–Kier alpha value is -2.12. The van der Waals surface area contributed by atoms with Gasteiger partial charge in [0.25, 0.3) is 5.69 Å². The summed E-state index contributed by atoms with van der Waals surface area (Å²) in [6.45, 7) is -1.24. The van der Waals surface area contributed by atoms with E-state index in [1.165, 1.54) is 12.1 Å². The Balaban J connectivity index is 2.42. The van der Waals surface area contributed by atoms with E-state index in [1.54, 1.807) is 0 Å². The van der Waals surface area contributed by atoms with Gasteiger partial charge >= 0.3 is 6.18 Å². The molecule has 0 atom stereocenters. The molecule has 0 N–H and O–H groups in total. The largest absolute Gasteiger partial charge is 0.405 e. The standard InChI is InChI=1S/C12H11F3N2O3/c13-12(14,15)7-16(9-2-3-9)10-4-1-8(6-18)5-11(10)17(19)20/h1,4-6,9H,2-3,7H2. The number of benzene rings is 1. The Morgan fingerprint density at radius 1 is 1.40 bits per heavy atom. The first-order valence-electron chi connectivity index (χ1n) is 5.89. The fourth-order valence-electron chi connectivity index (χ4n) is 1.99.